The van der Waals surface area contributed by atoms with Crippen molar-refractivity contribution in [1.82, 2.24) is 0 Å². The SMILES string of the molecule is CCOC(=O)C(C(=O)OCC)=C([O-])c1ccccc1. The van der Waals surface area contributed by atoms with Crippen molar-refractivity contribution < 1.29 is 24.2 Å². The molecule has 0 aliphatic rings. The third-order valence-corrected chi connectivity index (χ3v) is 2.22. The van der Waals surface area contributed by atoms with Crippen LogP contribution in [0, 0.1) is 0 Å². The Morgan fingerprint density at radius 2 is 1.47 bits per heavy atom. The van der Waals surface area contributed by atoms with Gasteiger partial charge in [-0.25, -0.2) is 9.59 Å². The molecule has 0 spiro atoms. The molecule has 0 heterocycles. The maximum atomic E-state index is 12.1. The van der Waals surface area contributed by atoms with Gasteiger partial charge in [0.25, 0.3) is 0 Å². The zero-order chi connectivity index (χ0) is 14.3. The molecule has 0 saturated heterocycles. The van der Waals surface area contributed by atoms with Gasteiger partial charge >= 0.3 is 11.9 Å². The minimum absolute atomic E-state index is 0.0732. The van der Waals surface area contributed by atoms with Crippen molar-refractivity contribution in [3.63, 3.8) is 0 Å². The lowest BCUT2D eigenvalue weighted by atomic mass is 10.1. The Bertz CT molecular complexity index is 456. The van der Waals surface area contributed by atoms with Crippen molar-refractivity contribution in [2.24, 2.45) is 0 Å². The fourth-order valence-corrected chi connectivity index (χ4v) is 1.41. The molecule has 19 heavy (non-hydrogen) atoms. The van der Waals surface area contributed by atoms with E-state index in [9.17, 15) is 14.7 Å². The molecule has 5 nitrogen and oxygen atoms in total. The predicted molar refractivity (Wildman–Crippen MR) is 66.6 cm³/mol. The summed E-state index contributed by atoms with van der Waals surface area (Å²) in [6.07, 6.45) is 0. The summed E-state index contributed by atoms with van der Waals surface area (Å²) in [4.78, 5) is 23.4. The van der Waals surface area contributed by atoms with Crippen molar-refractivity contribution in [2.75, 3.05) is 13.2 Å². The third-order valence-electron chi connectivity index (χ3n) is 2.22. The van der Waals surface area contributed by atoms with Crippen LogP contribution in [0.1, 0.15) is 19.4 Å². The van der Waals surface area contributed by atoms with Crippen LogP contribution in [0.4, 0.5) is 0 Å². The summed E-state index contributed by atoms with van der Waals surface area (Å²) < 4.78 is 9.43. The van der Waals surface area contributed by atoms with E-state index in [0.717, 1.165) is 0 Å². The highest BCUT2D eigenvalue weighted by Crippen LogP contribution is 2.15. The maximum Gasteiger partial charge on any atom is 0.344 e. The summed E-state index contributed by atoms with van der Waals surface area (Å²) in [5.41, 5.74) is -0.367. The smallest absolute Gasteiger partial charge is 0.344 e. The average molecular weight is 263 g/mol. The molecule has 1 aromatic rings. The van der Waals surface area contributed by atoms with E-state index in [2.05, 4.69) is 0 Å². The number of rotatable bonds is 5. The number of carbonyl (C=O) groups is 2. The monoisotopic (exact) mass is 263 g/mol. The van der Waals surface area contributed by atoms with E-state index in [0.29, 0.717) is 0 Å². The summed E-state index contributed by atoms with van der Waals surface area (Å²) in [5.74, 6) is -2.62. The second-order valence-electron chi connectivity index (χ2n) is 3.51. The molecule has 0 unspecified atom stereocenters. The second kappa shape index (κ2) is 7.20. The van der Waals surface area contributed by atoms with Crippen LogP contribution < -0.4 is 5.11 Å². The Morgan fingerprint density at radius 1 is 1.00 bits per heavy atom. The van der Waals surface area contributed by atoms with E-state index in [1.54, 1.807) is 32.0 Å². The molecule has 0 fully saturated rings. The minimum atomic E-state index is -0.963. The zero-order valence-electron chi connectivity index (χ0n) is 10.8. The van der Waals surface area contributed by atoms with Crippen LogP contribution in [0.25, 0.3) is 5.76 Å². The Balaban J connectivity index is 3.21. The fraction of sp³-hybridized carbons (Fsp3) is 0.286. The molecule has 0 amide bonds. The van der Waals surface area contributed by atoms with Crippen molar-refractivity contribution in [3.05, 3.63) is 41.5 Å². The van der Waals surface area contributed by atoms with E-state index < -0.39 is 23.3 Å². The first kappa shape index (κ1) is 14.8. The number of benzene rings is 1. The van der Waals surface area contributed by atoms with Gasteiger partial charge in [0.15, 0.2) is 0 Å². The fourth-order valence-electron chi connectivity index (χ4n) is 1.41. The number of carbonyl (C=O) groups excluding carboxylic acids is 2. The highest BCUT2D eigenvalue weighted by atomic mass is 16.6. The standard InChI is InChI=1S/C14H16O5/c1-3-18-13(16)11(14(17)19-4-2)12(15)10-8-6-5-7-9-10/h5-9,15H,3-4H2,1-2H3/p-1. The molecular formula is C14H15O5-. The molecule has 0 N–H and O–H groups in total. The summed E-state index contributed by atoms with van der Waals surface area (Å²) in [6, 6.07) is 8.04. The highest BCUT2D eigenvalue weighted by molar-refractivity contribution is 6.18. The quantitative estimate of drug-likeness (QED) is 0.259. The number of ether oxygens (including phenoxy) is 2. The number of esters is 2. The van der Waals surface area contributed by atoms with Crippen molar-refractivity contribution >= 4 is 17.7 Å². The Labute approximate surface area is 111 Å². The van der Waals surface area contributed by atoms with Gasteiger partial charge in [-0.1, -0.05) is 36.1 Å². The van der Waals surface area contributed by atoms with Crippen LogP contribution >= 0.6 is 0 Å². The second-order valence-corrected chi connectivity index (χ2v) is 3.51. The Hall–Kier alpha value is -2.30. The van der Waals surface area contributed by atoms with Gasteiger partial charge in [0.05, 0.1) is 13.2 Å². The Morgan fingerprint density at radius 3 is 1.89 bits per heavy atom. The van der Waals surface area contributed by atoms with Gasteiger partial charge in [0.1, 0.15) is 5.57 Å². The summed E-state index contributed by atoms with van der Waals surface area (Å²) in [6.45, 7) is 3.33. The van der Waals surface area contributed by atoms with E-state index in [-0.39, 0.29) is 18.8 Å². The van der Waals surface area contributed by atoms with Gasteiger partial charge in [0, 0.05) is 0 Å². The van der Waals surface area contributed by atoms with Gasteiger partial charge < -0.3 is 14.6 Å². The van der Waals surface area contributed by atoms with Crippen LogP contribution in [0.5, 0.6) is 0 Å². The molecule has 0 radical (unpaired) electrons. The van der Waals surface area contributed by atoms with E-state index in [1.807, 2.05) is 0 Å². The zero-order valence-corrected chi connectivity index (χ0v) is 10.8. The molecule has 0 aliphatic heterocycles. The van der Waals surface area contributed by atoms with Gasteiger partial charge in [0.2, 0.25) is 0 Å². The molecule has 1 rings (SSSR count). The van der Waals surface area contributed by atoms with Crippen molar-refractivity contribution in [2.45, 2.75) is 13.8 Å². The van der Waals surface area contributed by atoms with Gasteiger partial charge in [-0.2, -0.15) is 0 Å². The predicted octanol–water partition coefficient (Wildman–Crippen LogP) is 0.884. The van der Waals surface area contributed by atoms with Gasteiger partial charge in [-0.15, -0.1) is 0 Å². The lowest BCUT2D eigenvalue weighted by Crippen LogP contribution is -2.23. The van der Waals surface area contributed by atoms with Crippen molar-refractivity contribution in [1.29, 1.82) is 0 Å². The van der Waals surface area contributed by atoms with Crippen LogP contribution in [-0.2, 0) is 19.1 Å². The molecule has 102 valence electrons. The van der Waals surface area contributed by atoms with E-state index >= 15 is 0 Å². The van der Waals surface area contributed by atoms with Gasteiger partial charge in [-0.3, -0.25) is 0 Å². The summed E-state index contributed by atoms with van der Waals surface area (Å²) >= 11 is 0. The first-order valence-electron chi connectivity index (χ1n) is 5.92. The molecule has 0 bridgehead atoms. The molecule has 0 saturated carbocycles. The van der Waals surface area contributed by atoms with Crippen LogP contribution in [0.2, 0.25) is 0 Å². The van der Waals surface area contributed by atoms with Gasteiger partial charge in [-0.05, 0) is 19.4 Å². The molecule has 1 aromatic carbocycles. The van der Waals surface area contributed by atoms with E-state index in [1.165, 1.54) is 12.1 Å². The topological polar surface area (TPSA) is 75.7 Å². The van der Waals surface area contributed by atoms with Crippen LogP contribution in [-0.4, -0.2) is 25.2 Å². The molecular weight excluding hydrogens is 248 g/mol. The number of hydrogen-bond acceptors (Lipinski definition) is 5. The van der Waals surface area contributed by atoms with E-state index in [4.69, 9.17) is 9.47 Å². The first-order valence-corrected chi connectivity index (χ1v) is 5.92. The average Bonchev–Trinajstić information content (AvgIpc) is 2.40. The normalized spacial score (nSPS) is 9.58. The van der Waals surface area contributed by atoms with Crippen LogP contribution in [0.3, 0.4) is 0 Å². The summed E-state index contributed by atoms with van der Waals surface area (Å²) in [5, 5.41) is 12.1. The molecule has 0 aromatic heterocycles. The van der Waals surface area contributed by atoms with Crippen LogP contribution in [0.15, 0.2) is 35.9 Å². The third kappa shape index (κ3) is 3.84. The lowest BCUT2D eigenvalue weighted by molar-refractivity contribution is -0.245. The molecule has 5 heteroatoms. The maximum absolute atomic E-state index is 12.1. The lowest BCUT2D eigenvalue weighted by Gasteiger charge is -2.17. The largest absolute Gasteiger partial charge is 0.871 e. The van der Waals surface area contributed by atoms with Crippen molar-refractivity contribution in [3.8, 4) is 0 Å². The molecule has 0 atom stereocenters. The summed E-state index contributed by atoms with van der Waals surface area (Å²) in [7, 11) is 0. The highest BCUT2D eigenvalue weighted by Gasteiger charge is 2.22. The minimum Gasteiger partial charge on any atom is -0.871 e. The first-order chi connectivity index (χ1) is 9.11. The Kier molecular flexibility index (Phi) is 5.60. The molecule has 0 aliphatic carbocycles. The number of hydrogen-bond donors (Lipinski definition) is 0.